The first kappa shape index (κ1) is 19.0. The Kier molecular flexibility index (Phi) is 6.59. The van der Waals surface area contributed by atoms with Gasteiger partial charge in [-0.25, -0.2) is 0 Å². The molecular formula is C15H18F3N3O4. The first-order chi connectivity index (χ1) is 11.8. The molecule has 3 N–H and O–H groups in total. The summed E-state index contributed by atoms with van der Waals surface area (Å²) < 4.78 is 56.6. The number of ether oxygens (including phenoxy) is 4. The second-order valence-electron chi connectivity index (χ2n) is 5.13. The highest BCUT2D eigenvalue weighted by Crippen LogP contribution is 2.18. The Morgan fingerprint density at radius 2 is 2.20 bits per heavy atom. The molecule has 0 aromatic carbocycles. The summed E-state index contributed by atoms with van der Waals surface area (Å²) in [5, 5.41) is 7.71. The molecular weight excluding hydrogens is 343 g/mol. The summed E-state index contributed by atoms with van der Waals surface area (Å²) >= 11 is 0. The number of halogens is 3. The van der Waals surface area contributed by atoms with Gasteiger partial charge < -0.3 is 24.7 Å². The zero-order valence-corrected chi connectivity index (χ0v) is 13.2. The Labute approximate surface area is 142 Å². The fourth-order valence-electron chi connectivity index (χ4n) is 1.87. The highest BCUT2D eigenvalue weighted by molar-refractivity contribution is 5.92. The van der Waals surface area contributed by atoms with Crippen molar-refractivity contribution >= 4 is 11.6 Å². The maximum atomic E-state index is 12.1. The van der Waals surface area contributed by atoms with E-state index in [9.17, 15) is 13.2 Å². The van der Waals surface area contributed by atoms with E-state index in [0.717, 1.165) is 6.20 Å². The molecule has 0 radical (unpaired) electrons. The molecule has 1 aromatic heterocycles. The van der Waals surface area contributed by atoms with Crippen molar-refractivity contribution in [2.45, 2.75) is 12.3 Å². The third-order valence-electron chi connectivity index (χ3n) is 3.03. The zero-order valence-electron chi connectivity index (χ0n) is 13.2. The van der Waals surface area contributed by atoms with Crippen LogP contribution in [0.3, 0.4) is 0 Å². The third kappa shape index (κ3) is 6.98. The molecule has 0 aliphatic carbocycles. The van der Waals surface area contributed by atoms with Gasteiger partial charge in [-0.05, 0) is 12.1 Å². The number of rotatable bonds is 6. The van der Waals surface area contributed by atoms with E-state index in [1.807, 2.05) is 0 Å². The third-order valence-corrected chi connectivity index (χ3v) is 3.03. The molecule has 10 heteroatoms. The Balaban J connectivity index is 1.84. The Bertz CT molecular complexity index is 599. The minimum atomic E-state index is -4.42. The van der Waals surface area contributed by atoms with E-state index in [1.165, 1.54) is 18.2 Å². The first-order valence-electron chi connectivity index (χ1n) is 7.37. The molecule has 1 aromatic rings. The molecule has 2 rings (SSSR count). The highest BCUT2D eigenvalue weighted by atomic mass is 19.4. The Morgan fingerprint density at radius 1 is 1.40 bits per heavy atom. The topological polar surface area (TPSA) is 99.7 Å². The lowest BCUT2D eigenvalue weighted by Gasteiger charge is -2.22. The molecule has 138 valence electrons. The predicted molar refractivity (Wildman–Crippen MR) is 82.2 cm³/mol. The number of nitrogens with two attached hydrogens (primary N) is 1. The number of nitrogens with zero attached hydrogens (tertiary/aromatic N) is 1. The number of hydrogen-bond donors (Lipinski definition) is 2. The van der Waals surface area contributed by atoms with Crippen molar-refractivity contribution in [2.75, 3.05) is 33.0 Å². The molecule has 1 saturated heterocycles. The van der Waals surface area contributed by atoms with Crippen LogP contribution in [-0.2, 0) is 14.2 Å². The van der Waals surface area contributed by atoms with Crippen LogP contribution in [0, 0.1) is 5.41 Å². The van der Waals surface area contributed by atoms with Gasteiger partial charge in [0.15, 0.2) is 6.61 Å². The largest absolute Gasteiger partial charge is 0.483 e. The van der Waals surface area contributed by atoms with Gasteiger partial charge in [0.05, 0.1) is 37.4 Å². The van der Waals surface area contributed by atoms with E-state index in [2.05, 4.69) is 9.72 Å². The number of nitrogens with one attached hydrogen (secondary N) is 1. The lowest BCUT2D eigenvalue weighted by atomic mass is 10.2. The fraction of sp³-hybridized carbons (Fsp3) is 0.467. The number of alkyl halides is 3. The number of aromatic nitrogens is 1. The van der Waals surface area contributed by atoms with Crippen LogP contribution in [0.15, 0.2) is 24.4 Å². The fourth-order valence-corrected chi connectivity index (χ4v) is 1.87. The molecule has 0 saturated carbocycles. The van der Waals surface area contributed by atoms with Crippen molar-refractivity contribution in [1.82, 2.24) is 4.98 Å². The van der Waals surface area contributed by atoms with Gasteiger partial charge in [0.2, 0.25) is 5.90 Å². The second-order valence-corrected chi connectivity index (χ2v) is 5.13. The molecule has 2 heterocycles. The SMILES string of the molecule is N=C(/C=C(\N)c1ccc(OCC(F)(F)F)cn1)OCC1COCCO1. The average Bonchev–Trinajstić information content (AvgIpc) is 2.59. The summed E-state index contributed by atoms with van der Waals surface area (Å²) in [5.41, 5.74) is 6.21. The van der Waals surface area contributed by atoms with Crippen LogP contribution >= 0.6 is 0 Å². The molecule has 1 unspecified atom stereocenters. The molecule has 0 bridgehead atoms. The summed E-state index contributed by atoms with van der Waals surface area (Å²) in [4.78, 5) is 3.90. The average molecular weight is 361 g/mol. The number of hydrogen-bond acceptors (Lipinski definition) is 7. The van der Waals surface area contributed by atoms with Gasteiger partial charge >= 0.3 is 6.18 Å². The molecule has 1 aliphatic rings. The van der Waals surface area contributed by atoms with Crippen molar-refractivity contribution in [3.63, 3.8) is 0 Å². The van der Waals surface area contributed by atoms with Gasteiger partial charge in [-0.15, -0.1) is 0 Å². The van der Waals surface area contributed by atoms with E-state index in [4.69, 9.17) is 25.4 Å². The van der Waals surface area contributed by atoms with Crippen LogP contribution in [0.5, 0.6) is 5.75 Å². The van der Waals surface area contributed by atoms with E-state index in [0.29, 0.717) is 19.8 Å². The predicted octanol–water partition coefficient (Wildman–Crippen LogP) is 1.73. The maximum absolute atomic E-state index is 12.1. The Hall–Kier alpha value is -2.33. The van der Waals surface area contributed by atoms with Gasteiger partial charge in [-0.1, -0.05) is 0 Å². The van der Waals surface area contributed by atoms with Gasteiger partial charge in [-0.3, -0.25) is 10.4 Å². The smallest absolute Gasteiger partial charge is 0.422 e. The van der Waals surface area contributed by atoms with Crippen molar-refractivity contribution in [2.24, 2.45) is 5.73 Å². The summed E-state index contributed by atoms with van der Waals surface area (Å²) in [5.74, 6) is -0.222. The molecule has 7 nitrogen and oxygen atoms in total. The minimum absolute atomic E-state index is 0.0327. The summed E-state index contributed by atoms with van der Waals surface area (Å²) in [7, 11) is 0. The molecule has 1 aliphatic heterocycles. The summed E-state index contributed by atoms with van der Waals surface area (Å²) in [6, 6.07) is 2.70. The van der Waals surface area contributed by atoms with Crippen molar-refractivity contribution in [3.05, 3.63) is 30.1 Å². The van der Waals surface area contributed by atoms with E-state index < -0.39 is 12.8 Å². The summed E-state index contributed by atoms with van der Waals surface area (Å²) in [6.45, 7) is 0.166. The van der Waals surface area contributed by atoms with E-state index in [1.54, 1.807) is 0 Å². The van der Waals surface area contributed by atoms with E-state index in [-0.39, 0.29) is 35.7 Å². The first-order valence-corrected chi connectivity index (χ1v) is 7.37. The van der Waals surface area contributed by atoms with Crippen LogP contribution in [0.1, 0.15) is 5.69 Å². The van der Waals surface area contributed by atoms with Gasteiger partial charge in [-0.2, -0.15) is 13.2 Å². The van der Waals surface area contributed by atoms with Crippen LogP contribution in [0.25, 0.3) is 5.70 Å². The monoisotopic (exact) mass is 361 g/mol. The van der Waals surface area contributed by atoms with Gasteiger partial charge in [0, 0.05) is 6.08 Å². The molecule has 25 heavy (non-hydrogen) atoms. The van der Waals surface area contributed by atoms with Crippen LogP contribution in [-0.4, -0.2) is 56.2 Å². The van der Waals surface area contributed by atoms with Crippen LogP contribution in [0.4, 0.5) is 13.2 Å². The number of pyridine rings is 1. The summed E-state index contributed by atoms with van der Waals surface area (Å²) in [6.07, 6.45) is -2.29. The van der Waals surface area contributed by atoms with Crippen LogP contribution < -0.4 is 10.5 Å². The Morgan fingerprint density at radius 3 is 2.80 bits per heavy atom. The van der Waals surface area contributed by atoms with Crippen molar-refractivity contribution in [3.8, 4) is 5.75 Å². The normalized spacial score (nSPS) is 18.7. The minimum Gasteiger partial charge on any atom is -0.483 e. The molecule has 0 spiro atoms. The van der Waals surface area contributed by atoms with Crippen molar-refractivity contribution in [1.29, 1.82) is 5.41 Å². The maximum Gasteiger partial charge on any atom is 0.422 e. The quantitative estimate of drug-likeness (QED) is 0.591. The zero-order chi connectivity index (χ0) is 18.3. The second kappa shape index (κ2) is 8.67. The standard InChI is InChI=1S/C15H18F3N3O4/c16-15(17,18)9-25-10-1-2-13(21-6-10)12(19)5-14(20)24-8-11-7-22-3-4-23-11/h1-2,5-6,11,20H,3-4,7-9,19H2/b12-5-,20-14?. The van der Waals surface area contributed by atoms with Gasteiger partial charge in [0.1, 0.15) is 18.5 Å². The molecule has 1 atom stereocenters. The lowest BCUT2D eigenvalue weighted by Crippen LogP contribution is -2.33. The van der Waals surface area contributed by atoms with Gasteiger partial charge in [0.25, 0.3) is 0 Å². The van der Waals surface area contributed by atoms with Crippen molar-refractivity contribution < 1.29 is 32.1 Å². The molecule has 1 fully saturated rings. The molecule has 0 amide bonds. The van der Waals surface area contributed by atoms with E-state index >= 15 is 0 Å². The lowest BCUT2D eigenvalue weighted by molar-refractivity contribution is -0.153. The highest BCUT2D eigenvalue weighted by Gasteiger charge is 2.28. The van der Waals surface area contributed by atoms with Crippen LogP contribution in [0.2, 0.25) is 0 Å².